The maximum atomic E-state index is 13.9. The van der Waals surface area contributed by atoms with Crippen LogP contribution in [0.5, 0.6) is 0 Å². The van der Waals surface area contributed by atoms with Gasteiger partial charge in [0.05, 0.1) is 12.3 Å². The van der Waals surface area contributed by atoms with Crippen LogP contribution in [0.15, 0.2) is 51.4 Å². The number of amides is 1. The number of carbonyl (C=O) groups is 1. The fraction of sp³-hybridized carbons (Fsp3) is 0.118. The van der Waals surface area contributed by atoms with Gasteiger partial charge in [0.15, 0.2) is 5.76 Å². The molecule has 4 nitrogen and oxygen atoms in total. The molecule has 0 aliphatic heterocycles. The monoisotopic (exact) mass is 377 g/mol. The van der Waals surface area contributed by atoms with Crippen LogP contribution in [0.1, 0.15) is 16.1 Å². The van der Waals surface area contributed by atoms with Crippen molar-refractivity contribution in [2.45, 2.75) is 6.61 Å². The van der Waals surface area contributed by atoms with E-state index >= 15 is 0 Å². The topological polar surface area (TPSA) is 51.5 Å². The largest absolute Gasteiger partial charge is 0.451 e. The number of anilines is 1. The number of furan rings is 1. The molecule has 0 spiro atoms. The Kier molecular flexibility index (Phi) is 4.45. The molecule has 1 aromatic heterocycles. The number of ether oxygens (including phenoxy) is 1. The van der Waals surface area contributed by atoms with Crippen molar-refractivity contribution in [3.63, 3.8) is 0 Å². The minimum atomic E-state index is -0.530. The molecule has 1 N–H and O–H groups in total. The lowest BCUT2D eigenvalue weighted by atomic mass is 10.1. The van der Waals surface area contributed by atoms with Crippen molar-refractivity contribution in [3.8, 4) is 0 Å². The Bertz CT molecular complexity index is 875. The Morgan fingerprint density at radius 3 is 2.83 bits per heavy atom. The summed E-state index contributed by atoms with van der Waals surface area (Å²) in [6.07, 6.45) is 0. The molecule has 23 heavy (non-hydrogen) atoms. The third-order valence-corrected chi connectivity index (χ3v) is 3.87. The summed E-state index contributed by atoms with van der Waals surface area (Å²) in [5.41, 5.74) is 1.31. The van der Waals surface area contributed by atoms with Crippen molar-refractivity contribution >= 4 is 38.5 Å². The molecule has 2 aromatic carbocycles. The molecule has 0 aliphatic carbocycles. The predicted molar refractivity (Wildman–Crippen MR) is 89.0 cm³/mol. The van der Waals surface area contributed by atoms with Crippen LogP contribution in [-0.2, 0) is 11.3 Å². The van der Waals surface area contributed by atoms with E-state index in [0.29, 0.717) is 15.6 Å². The molecule has 0 bridgehead atoms. The maximum Gasteiger partial charge on any atom is 0.291 e. The van der Waals surface area contributed by atoms with E-state index in [9.17, 15) is 9.18 Å². The fourth-order valence-electron chi connectivity index (χ4n) is 2.34. The second-order valence-corrected chi connectivity index (χ2v) is 5.83. The molecule has 0 saturated carbocycles. The van der Waals surface area contributed by atoms with Gasteiger partial charge in [0, 0.05) is 22.5 Å². The quantitative estimate of drug-likeness (QED) is 0.714. The molecular weight excluding hydrogens is 365 g/mol. The maximum absolute atomic E-state index is 13.9. The van der Waals surface area contributed by atoms with E-state index in [1.54, 1.807) is 12.1 Å². The van der Waals surface area contributed by atoms with Gasteiger partial charge in [-0.2, -0.15) is 0 Å². The lowest BCUT2D eigenvalue weighted by Crippen LogP contribution is -2.14. The first-order valence-corrected chi connectivity index (χ1v) is 7.65. The van der Waals surface area contributed by atoms with Crippen LogP contribution in [0.2, 0.25) is 0 Å². The molecule has 6 heteroatoms. The van der Waals surface area contributed by atoms with Gasteiger partial charge in [-0.25, -0.2) is 4.39 Å². The normalized spacial score (nSPS) is 10.9. The summed E-state index contributed by atoms with van der Waals surface area (Å²) in [5.74, 6) is -0.929. The van der Waals surface area contributed by atoms with Crippen LogP contribution in [0.4, 0.5) is 10.1 Å². The van der Waals surface area contributed by atoms with Gasteiger partial charge in [-0.3, -0.25) is 4.79 Å². The highest BCUT2D eigenvalue weighted by Crippen LogP contribution is 2.28. The number of halogens is 2. The summed E-state index contributed by atoms with van der Waals surface area (Å²) in [4.78, 5) is 12.5. The molecule has 0 unspecified atom stereocenters. The summed E-state index contributed by atoms with van der Waals surface area (Å²) < 4.78 is 25.3. The highest BCUT2D eigenvalue weighted by atomic mass is 79.9. The molecule has 1 amide bonds. The molecule has 0 aliphatic rings. The van der Waals surface area contributed by atoms with Gasteiger partial charge >= 0.3 is 0 Å². The third kappa shape index (κ3) is 3.13. The highest BCUT2D eigenvalue weighted by Gasteiger charge is 2.21. The zero-order valence-electron chi connectivity index (χ0n) is 12.2. The molecular formula is C17H13BrFNO3. The number of para-hydroxylation sites is 1. The Morgan fingerprint density at radius 1 is 1.30 bits per heavy atom. The molecule has 0 saturated heterocycles. The minimum Gasteiger partial charge on any atom is -0.451 e. The molecule has 0 fully saturated rings. The molecule has 0 atom stereocenters. The van der Waals surface area contributed by atoms with Crippen LogP contribution in [0, 0.1) is 5.82 Å². The van der Waals surface area contributed by atoms with Crippen molar-refractivity contribution in [1.29, 1.82) is 0 Å². The Labute approximate surface area is 140 Å². The number of carbonyl (C=O) groups excluding carboxylic acids is 1. The second kappa shape index (κ2) is 6.52. The van der Waals surface area contributed by atoms with Gasteiger partial charge < -0.3 is 14.5 Å². The summed E-state index contributed by atoms with van der Waals surface area (Å²) in [5, 5.41) is 3.33. The van der Waals surface area contributed by atoms with E-state index in [2.05, 4.69) is 21.2 Å². The van der Waals surface area contributed by atoms with E-state index in [0.717, 1.165) is 5.39 Å². The zero-order valence-corrected chi connectivity index (χ0v) is 13.8. The number of methoxy groups -OCH3 is 1. The van der Waals surface area contributed by atoms with Gasteiger partial charge in [0.1, 0.15) is 11.4 Å². The van der Waals surface area contributed by atoms with Gasteiger partial charge in [-0.15, -0.1) is 0 Å². The molecule has 1 heterocycles. The standard InChI is InChI=1S/C17H13BrFNO3/c1-22-9-12-11-4-2-3-5-15(11)23-16(12)17(21)20-14-7-6-10(18)8-13(14)19/h2-8H,9H2,1H3,(H,20,21). The third-order valence-electron chi connectivity index (χ3n) is 3.37. The van der Waals surface area contributed by atoms with Crippen molar-refractivity contribution in [2.75, 3.05) is 12.4 Å². The summed E-state index contributed by atoms with van der Waals surface area (Å²) in [6.45, 7) is 0.225. The first-order valence-electron chi connectivity index (χ1n) is 6.86. The average molecular weight is 378 g/mol. The van der Waals surface area contributed by atoms with Gasteiger partial charge in [-0.1, -0.05) is 34.1 Å². The van der Waals surface area contributed by atoms with Gasteiger partial charge in [-0.05, 0) is 24.3 Å². The van der Waals surface area contributed by atoms with Gasteiger partial charge in [0.25, 0.3) is 5.91 Å². The smallest absolute Gasteiger partial charge is 0.291 e. The lowest BCUT2D eigenvalue weighted by Gasteiger charge is -2.06. The van der Waals surface area contributed by atoms with Crippen LogP contribution in [0.25, 0.3) is 11.0 Å². The van der Waals surface area contributed by atoms with Crippen LogP contribution >= 0.6 is 15.9 Å². The Hall–Kier alpha value is -2.18. The number of hydrogen-bond acceptors (Lipinski definition) is 3. The summed E-state index contributed by atoms with van der Waals surface area (Å²) in [6, 6.07) is 11.7. The van der Waals surface area contributed by atoms with Crippen molar-refractivity contribution < 1.29 is 18.3 Å². The van der Waals surface area contributed by atoms with E-state index in [4.69, 9.17) is 9.15 Å². The Balaban J connectivity index is 1.98. The molecule has 0 radical (unpaired) electrons. The average Bonchev–Trinajstić information content (AvgIpc) is 2.90. The fourth-order valence-corrected chi connectivity index (χ4v) is 2.67. The van der Waals surface area contributed by atoms with Crippen molar-refractivity contribution in [3.05, 3.63) is 64.1 Å². The van der Waals surface area contributed by atoms with Gasteiger partial charge in [0.2, 0.25) is 0 Å². The van der Waals surface area contributed by atoms with E-state index < -0.39 is 11.7 Å². The van der Waals surface area contributed by atoms with Crippen LogP contribution < -0.4 is 5.32 Å². The number of nitrogens with one attached hydrogen (secondary N) is 1. The number of rotatable bonds is 4. The van der Waals surface area contributed by atoms with E-state index in [1.807, 2.05) is 18.2 Å². The summed E-state index contributed by atoms with van der Waals surface area (Å²) >= 11 is 3.18. The predicted octanol–water partition coefficient (Wildman–Crippen LogP) is 4.73. The highest BCUT2D eigenvalue weighted by molar-refractivity contribution is 9.10. The molecule has 118 valence electrons. The number of benzene rings is 2. The minimum absolute atomic E-state index is 0.0852. The lowest BCUT2D eigenvalue weighted by molar-refractivity contribution is 0.0991. The molecule has 3 aromatic rings. The number of hydrogen-bond donors (Lipinski definition) is 1. The SMILES string of the molecule is COCc1c(C(=O)Nc2ccc(Br)cc2F)oc2ccccc12. The van der Waals surface area contributed by atoms with Crippen LogP contribution in [-0.4, -0.2) is 13.0 Å². The van der Waals surface area contributed by atoms with E-state index in [-0.39, 0.29) is 18.1 Å². The molecule has 3 rings (SSSR count). The van der Waals surface area contributed by atoms with Crippen molar-refractivity contribution in [1.82, 2.24) is 0 Å². The first kappa shape index (κ1) is 15.7. The van der Waals surface area contributed by atoms with E-state index in [1.165, 1.54) is 19.2 Å². The van der Waals surface area contributed by atoms with Crippen molar-refractivity contribution in [2.24, 2.45) is 0 Å². The Morgan fingerprint density at radius 2 is 2.09 bits per heavy atom. The zero-order chi connectivity index (χ0) is 16.4. The number of fused-ring (bicyclic) bond motifs is 1. The summed E-state index contributed by atoms with van der Waals surface area (Å²) in [7, 11) is 1.54. The first-order chi connectivity index (χ1) is 11.1. The van der Waals surface area contributed by atoms with Crippen LogP contribution in [0.3, 0.4) is 0 Å². The second-order valence-electron chi connectivity index (χ2n) is 4.92.